The molecule has 4 aromatic rings. The standard InChI is InChI=1S/C27H31N5O2/c1-20(2)16-31(17-21-8-9-25-22(15-21)5-4-11-28-25)27(33)26-19-30(13-14-34-26)18-24-7-3-6-23-10-12-29-32(23)24/h3-12,15,20,26H,13-14,16-19H2,1-2H3. The van der Waals surface area contributed by atoms with Gasteiger partial charge in [-0.3, -0.25) is 14.7 Å². The van der Waals surface area contributed by atoms with E-state index in [0.29, 0.717) is 32.2 Å². The van der Waals surface area contributed by atoms with Crippen molar-refractivity contribution in [2.75, 3.05) is 26.2 Å². The molecule has 0 aliphatic carbocycles. The molecule has 176 valence electrons. The van der Waals surface area contributed by atoms with Crippen LogP contribution in [0.5, 0.6) is 0 Å². The normalized spacial score (nSPS) is 17.0. The van der Waals surface area contributed by atoms with E-state index in [0.717, 1.165) is 40.8 Å². The van der Waals surface area contributed by atoms with Gasteiger partial charge < -0.3 is 9.64 Å². The van der Waals surface area contributed by atoms with Crippen molar-refractivity contribution < 1.29 is 9.53 Å². The molecule has 4 heterocycles. The second kappa shape index (κ2) is 9.91. The van der Waals surface area contributed by atoms with Gasteiger partial charge in [0.1, 0.15) is 6.10 Å². The van der Waals surface area contributed by atoms with E-state index < -0.39 is 6.10 Å². The Balaban J connectivity index is 1.30. The van der Waals surface area contributed by atoms with E-state index in [1.54, 1.807) is 6.20 Å². The topological polar surface area (TPSA) is 63.0 Å². The van der Waals surface area contributed by atoms with Gasteiger partial charge in [-0.05, 0) is 47.9 Å². The summed E-state index contributed by atoms with van der Waals surface area (Å²) in [6.07, 6.45) is 3.15. The quantitative estimate of drug-likeness (QED) is 0.423. The van der Waals surface area contributed by atoms with E-state index in [1.165, 1.54) is 0 Å². The Morgan fingerprint density at radius 2 is 2.06 bits per heavy atom. The van der Waals surface area contributed by atoms with Crippen LogP contribution in [0.4, 0.5) is 0 Å². The lowest BCUT2D eigenvalue weighted by atomic mass is 10.1. The molecule has 7 heteroatoms. The molecule has 0 radical (unpaired) electrons. The van der Waals surface area contributed by atoms with Gasteiger partial charge in [0.05, 0.1) is 23.3 Å². The molecule has 0 bridgehead atoms. The third-order valence-corrected chi connectivity index (χ3v) is 6.25. The van der Waals surface area contributed by atoms with Crippen LogP contribution in [-0.4, -0.2) is 62.7 Å². The van der Waals surface area contributed by atoms with Crippen molar-refractivity contribution in [3.8, 4) is 0 Å². The summed E-state index contributed by atoms with van der Waals surface area (Å²) in [6, 6.07) is 18.4. The number of morpholine rings is 1. The average molecular weight is 458 g/mol. The molecule has 0 saturated carbocycles. The van der Waals surface area contributed by atoms with Gasteiger partial charge in [-0.15, -0.1) is 0 Å². The Morgan fingerprint density at radius 3 is 2.94 bits per heavy atom. The maximum absolute atomic E-state index is 13.6. The summed E-state index contributed by atoms with van der Waals surface area (Å²) >= 11 is 0. The van der Waals surface area contributed by atoms with Crippen LogP contribution in [-0.2, 0) is 22.6 Å². The summed E-state index contributed by atoms with van der Waals surface area (Å²) < 4.78 is 7.95. The van der Waals surface area contributed by atoms with Crippen LogP contribution in [0.2, 0.25) is 0 Å². The van der Waals surface area contributed by atoms with Gasteiger partial charge in [0, 0.05) is 50.5 Å². The largest absolute Gasteiger partial charge is 0.366 e. The molecule has 34 heavy (non-hydrogen) atoms. The fourth-order valence-electron chi connectivity index (χ4n) is 4.67. The number of fused-ring (bicyclic) bond motifs is 2. The highest BCUT2D eigenvalue weighted by Gasteiger charge is 2.31. The molecule has 3 aromatic heterocycles. The highest BCUT2D eigenvalue weighted by Crippen LogP contribution is 2.19. The predicted octanol–water partition coefficient (Wildman–Crippen LogP) is 3.77. The highest BCUT2D eigenvalue weighted by atomic mass is 16.5. The van der Waals surface area contributed by atoms with Gasteiger partial charge >= 0.3 is 0 Å². The molecule has 1 aromatic carbocycles. The number of nitrogens with zero attached hydrogens (tertiary/aromatic N) is 5. The number of aromatic nitrogens is 3. The fraction of sp³-hybridized carbons (Fsp3) is 0.370. The Morgan fingerprint density at radius 1 is 1.15 bits per heavy atom. The minimum Gasteiger partial charge on any atom is -0.366 e. The summed E-state index contributed by atoms with van der Waals surface area (Å²) in [4.78, 5) is 22.3. The summed E-state index contributed by atoms with van der Waals surface area (Å²) in [5.74, 6) is 0.421. The minimum atomic E-state index is -0.466. The molecule has 1 unspecified atom stereocenters. The van der Waals surface area contributed by atoms with Gasteiger partial charge in [-0.2, -0.15) is 5.10 Å². The highest BCUT2D eigenvalue weighted by molar-refractivity contribution is 5.82. The first-order chi connectivity index (χ1) is 16.6. The monoisotopic (exact) mass is 457 g/mol. The lowest BCUT2D eigenvalue weighted by Gasteiger charge is -2.35. The van der Waals surface area contributed by atoms with Crippen molar-refractivity contribution in [3.63, 3.8) is 0 Å². The van der Waals surface area contributed by atoms with Crippen molar-refractivity contribution >= 4 is 22.3 Å². The third kappa shape index (κ3) is 4.95. The van der Waals surface area contributed by atoms with Gasteiger partial charge in [0.2, 0.25) is 0 Å². The van der Waals surface area contributed by atoms with Crippen LogP contribution in [0.25, 0.3) is 16.4 Å². The van der Waals surface area contributed by atoms with Crippen molar-refractivity contribution in [2.45, 2.75) is 33.0 Å². The second-order valence-corrected chi connectivity index (χ2v) is 9.42. The lowest BCUT2D eigenvalue weighted by molar-refractivity contribution is -0.151. The molecule has 1 fully saturated rings. The van der Waals surface area contributed by atoms with Crippen molar-refractivity contribution in [1.82, 2.24) is 24.4 Å². The van der Waals surface area contributed by atoms with Crippen LogP contribution < -0.4 is 0 Å². The predicted molar refractivity (Wildman–Crippen MR) is 132 cm³/mol. The number of amides is 1. The average Bonchev–Trinajstić information content (AvgIpc) is 3.33. The number of carbonyl (C=O) groups excluding carboxylic acids is 1. The zero-order chi connectivity index (χ0) is 23.5. The fourth-order valence-corrected chi connectivity index (χ4v) is 4.67. The number of benzene rings is 1. The van der Waals surface area contributed by atoms with E-state index in [1.807, 2.05) is 33.8 Å². The maximum Gasteiger partial charge on any atom is 0.253 e. The molecule has 1 saturated heterocycles. The number of carbonyl (C=O) groups is 1. The Kier molecular flexibility index (Phi) is 6.56. The Bertz CT molecular complexity index is 1280. The third-order valence-electron chi connectivity index (χ3n) is 6.25. The van der Waals surface area contributed by atoms with Gasteiger partial charge in [0.25, 0.3) is 5.91 Å². The number of pyridine rings is 2. The van der Waals surface area contributed by atoms with Gasteiger partial charge in [-0.1, -0.05) is 32.0 Å². The molecular weight excluding hydrogens is 426 g/mol. The van der Waals surface area contributed by atoms with Crippen LogP contribution in [0, 0.1) is 5.92 Å². The smallest absolute Gasteiger partial charge is 0.253 e. The molecule has 0 N–H and O–H groups in total. The van der Waals surface area contributed by atoms with Crippen LogP contribution >= 0.6 is 0 Å². The summed E-state index contributed by atoms with van der Waals surface area (Å²) in [5.41, 5.74) is 4.26. The molecule has 1 aliphatic rings. The number of hydrogen-bond donors (Lipinski definition) is 0. The van der Waals surface area contributed by atoms with Crippen molar-refractivity contribution in [1.29, 1.82) is 0 Å². The number of hydrogen-bond acceptors (Lipinski definition) is 5. The number of ether oxygens (including phenoxy) is 1. The summed E-state index contributed by atoms with van der Waals surface area (Å²) in [7, 11) is 0. The molecule has 7 nitrogen and oxygen atoms in total. The second-order valence-electron chi connectivity index (χ2n) is 9.42. The first-order valence-electron chi connectivity index (χ1n) is 11.9. The molecule has 1 aliphatic heterocycles. The van der Waals surface area contributed by atoms with E-state index in [4.69, 9.17) is 4.74 Å². The maximum atomic E-state index is 13.6. The van der Waals surface area contributed by atoms with E-state index in [9.17, 15) is 4.79 Å². The Labute approximate surface area is 199 Å². The Hall–Kier alpha value is -3.29. The van der Waals surface area contributed by atoms with Crippen molar-refractivity contribution in [3.05, 3.63) is 78.2 Å². The van der Waals surface area contributed by atoms with Crippen LogP contribution in [0.15, 0.2) is 67.0 Å². The van der Waals surface area contributed by atoms with E-state index in [2.05, 4.69) is 65.2 Å². The van der Waals surface area contributed by atoms with E-state index in [-0.39, 0.29) is 5.91 Å². The molecular formula is C27H31N5O2. The summed E-state index contributed by atoms with van der Waals surface area (Å²) in [5, 5.41) is 5.53. The van der Waals surface area contributed by atoms with Crippen LogP contribution in [0.3, 0.4) is 0 Å². The SMILES string of the molecule is CC(C)CN(Cc1ccc2ncccc2c1)C(=O)C1CN(Cc2cccc3ccnn23)CCO1. The first-order valence-corrected chi connectivity index (χ1v) is 11.9. The van der Waals surface area contributed by atoms with Crippen LogP contribution in [0.1, 0.15) is 25.1 Å². The number of rotatable bonds is 7. The van der Waals surface area contributed by atoms with E-state index >= 15 is 0 Å². The lowest BCUT2D eigenvalue weighted by Crippen LogP contribution is -2.51. The molecule has 1 amide bonds. The first kappa shape index (κ1) is 22.5. The zero-order valence-electron chi connectivity index (χ0n) is 19.8. The van der Waals surface area contributed by atoms with Crippen molar-refractivity contribution in [2.24, 2.45) is 5.92 Å². The zero-order valence-corrected chi connectivity index (χ0v) is 19.8. The molecule has 1 atom stereocenters. The van der Waals surface area contributed by atoms with Gasteiger partial charge in [0.15, 0.2) is 0 Å². The molecule has 0 spiro atoms. The molecule has 5 rings (SSSR count). The minimum absolute atomic E-state index is 0.0574. The summed E-state index contributed by atoms with van der Waals surface area (Å²) in [6.45, 7) is 8.18. The van der Waals surface area contributed by atoms with Gasteiger partial charge in [-0.25, -0.2) is 4.52 Å².